The molecular weight excluding hydrogens is 362 g/mol. The fourth-order valence-corrected chi connectivity index (χ4v) is 4.34. The van der Waals surface area contributed by atoms with Crippen molar-refractivity contribution in [3.8, 4) is 0 Å². The van der Waals surface area contributed by atoms with Crippen LogP contribution in [0.3, 0.4) is 0 Å². The summed E-state index contributed by atoms with van der Waals surface area (Å²) in [6.07, 6.45) is 4.85. The van der Waals surface area contributed by atoms with Crippen molar-refractivity contribution < 1.29 is 14.3 Å². The number of carbonyl (C=O) groups excluding carboxylic acids is 2. The van der Waals surface area contributed by atoms with Crippen LogP contribution < -0.4 is 5.32 Å². The predicted octanol–water partition coefficient (Wildman–Crippen LogP) is 4.22. The average molecular weight is 390 g/mol. The van der Waals surface area contributed by atoms with Crippen LogP contribution in [0.5, 0.6) is 0 Å². The quantitative estimate of drug-likeness (QED) is 0.751. The molecule has 3 rings (SSSR count). The molecule has 0 radical (unpaired) electrons. The highest BCUT2D eigenvalue weighted by Gasteiger charge is 2.25. The number of rotatable bonds is 6. The minimum atomic E-state index is -0.879. The molecule has 1 aliphatic rings. The van der Waals surface area contributed by atoms with Gasteiger partial charge in [0.15, 0.2) is 6.10 Å². The number of nitrogens with one attached hydrogen (secondary N) is 1. The van der Waals surface area contributed by atoms with E-state index in [2.05, 4.69) is 24.3 Å². The Kier molecular flexibility index (Phi) is 5.99. The molecule has 3 atom stereocenters. The summed E-state index contributed by atoms with van der Waals surface area (Å²) in [6, 6.07) is 3.85. The standard InChI is InChI=1S/C20H27N3O3S/c1-5-13(3)23-18(8-9-21-23)22-19(24)14(4)26-20(25)17-11-15-10-12(2)6-7-16(15)27-17/h8-9,11-14H,5-7,10H2,1-4H3,(H,22,24)/t12-,13+,14-/m0/s1. The van der Waals surface area contributed by atoms with Crippen molar-refractivity contribution in [1.82, 2.24) is 9.78 Å². The van der Waals surface area contributed by atoms with E-state index in [1.807, 2.05) is 13.0 Å². The molecule has 2 aromatic rings. The summed E-state index contributed by atoms with van der Waals surface area (Å²) in [6.45, 7) is 7.91. The van der Waals surface area contributed by atoms with Gasteiger partial charge in [0.25, 0.3) is 5.91 Å². The lowest BCUT2D eigenvalue weighted by Crippen LogP contribution is -2.31. The Bertz CT molecular complexity index is 826. The van der Waals surface area contributed by atoms with Gasteiger partial charge in [0.2, 0.25) is 0 Å². The van der Waals surface area contributed by atoms with Gasteiger partial charge in [0.1, 0.15) is 10.7 Å². The number of anilines is 1. The number of hydrogen-bond acceptors (Lipinski definition) is 5. The van der Waals surface area contributed by atoms with Gasteiger partial charge in [-0.25, -0.2) is 9.48 Å². The van der Waals surface area contributed by atoms with Crippen molar-refractivity contribution in [2.75, 3.05) is 5.32 Å². The van der Waals surface area contributed by atoms with Crippen LogP contribution in [0, 0.1) is 5.92 Å². The number of esters is 1. The first-order valence-corrected chi connectivity index (χ1v) is 10.4. The molecule has 27 heavy (non-hydrogen) atoms. The SMILES string of the molecule is CC[C@@H](C)n1nccc1NC(=O)[C@H](C)OC(=O)c1cc2c(s1)CC[C@H](C)C2. The summed E-state index contributed by atoms with van der Waals surface area (Å²) >= 11 is 1.49. The molecule has 0 aliphatic heterocycles. The molecule has 1 amide bonds. The van der Waals surface area contributed by atoms with Gasteiger partial charge in [-0.1, -0.05) is 13.8 Å². The smallest absolute Gasteiger partial charge is 0.349 e. The summed E-state index contributed by atoms with van der Waals surface area (Å²) in [5.41, 5.74) is 1.25. The van der Waals surface area contributed by atoms with Crippen molar-refractivity contribution >= 4 is 29.0 Å². The molecule has 7 heteroatoms. The minimum absolute atomic E-state index is 0.174. The third-order valence-corrected chi connectivity index (χ3v) is 6.33. The Morgan fingerprint density at radius 1 is 1.44 bits per heavy atom. The third kappa shape index (κ3) is 4.40. The maximum absolute atomic E-state index is 12.5. The number of carbonyl (C=O) groups is 2. The van der Waals surface area contributed by atoms with E-state index in [1.54, 1.807) is 23.9 Å². The van der Waals surface area contributed by atoms with Crippen molar-refractivity contribution in [2.45, 2.75) is 65.5 Å². The number of hydrogen-bond donors (Lipinski definition) is 1. The van der Waals surface area contributed by atoms with E-state index in [9.17, 15) is 9.59 Å². The van der Waals surface area contributed by atoms with E-state index >= 15 is 0 Å². The normalized spacial score (nSPS) is 18.4. The molecule has 1 N–H and O–H groups in total. The van der Waals surface area contributed by atoms with Crippen molar-refractivity contribution in [3.63, 3.8) is 0 Å². The molecule has 0 saturated carbocycles. The molecule has 146 valence electrons. The molecule has 2 aromatic heterocycles. The summed E-state index contributed by atoms with van der Waals surface area (Å²) in [5, 5.41) is 7.05. The topological polar surface area (TPSA) is 73.2 Å². The van der Waals surface area contributed by atoms with Gasteiger partial charge in [-0.05, 0) is 57.1 Å². The Morgan fingerprint density at radius 2 is 2.22 bits per heavy atom. The highest BCUT2D eigenvalue weighted by molar-refractivity contribution is 7.14. The first kappa shape index (κ1) is 19.6. The highest BCUT2D eigenvalue weighted by atomic mass is 32.1. The lowest BCUT2D eigenvalue weighted by molar-refractivity contribution is -0.123. The van der Waals surface area contributed by atoms with Gasteiger partial charge in [0, 0.05) is 10.9 Å². The van der Waals surface area contributed by atoms with Gasteiger partial charge in [-0.15, -0.1) is 11.3 Å². The summed E-state index contributed by atoms with van der Waals surface area (Å²) in [5.74, 6) is 0.470. The van der Waals surface area contributed by atoms with E-state index in [-0.39, 0.29) is 11.9 Å². The van der Waals surface area contributed by atoms with Crippen molar-refractivity contribution in [1.29, 1.82) is 0 Å². The summed E-state index contributed by atoms with van der Waals surface area (Å²) in [4.78, 5) is 26.8. The van der Waals surface area contributed by atoms with Crippen LogP contribution >= 0.6 is 11.3 Å². The van der Waals surface area contributed by atoms with Crippen LogP contribution in [0.15, 0.2) is 18.3 Å². The van der Waals surface area contributed by atoms with Crippen LogP contribution in [-0.2, 0) is 22.4 Å². The molecule has 0 unspecified atom stereocenters. The fraction of sp³-hybridized carbons (Fsp3) is 0.550. The van der Waals surface area contributed by atoms with E-state index < -0.39 is 12.1 Å². The maximum Gasteiger partial charge on any atom is 0.349 e. The second kappa shape index (κ2) is 8.25. The molecule has 0 aromatic carbocycles. The second-order valence-electron chi connectivity index (χ2n) is 7.36. The minimum Gasteiger partial charge on any atom is -0.448 e. The third-order valence-electron chi connectivity index (χ3n) is 5.11. The number of amides is 1. The lowest BCUT2D eigenvalue weighted by atomic mass is 9.90. The first-order valence-electron chi connectivity index (χ1n) is 9.56. The van der Waals surface area contributed by atoms with E-state index in [0.717, 1.165) is 25.7 Å². The fourth-order valence-electron chi connectivity index (χ4n) is 3.24. The van der Waals surface area contributed by atoms with Crippen LogP contribution in [0.1, 0.15) is 66.7 Å². The number of aryl methyl sites for hydroxylation is 1. The van der Waals surface area contributed by atoms with Crippen molar-refractivity contribution in [3.05, 3.63) is 33.6 Å². The van der Waals surface area contributed by atoms with E-state index in [1.165, 1.54) is 21.8 Å². The Morgan fingerprint density at radius 3 is 2.96 bits per heavy atom. The molecular formula is C20H27N3O3S. The van der Waals surface area contributed by atoms with E-state index in [0.29, 0.717) is 16.6 Å². The van der Waals surface area contributed by atoms with E-state index in [4.69, 9.17) is 4.74 Å². The largest absolute Gasteiger partial charge is 0.448 e. The predicted molar refractivity (Wildman–Crippen MR) is 106 cm³/mol. The molecule has 0 fully saturated rings. The number of nitrogens with zero attached hydrogens (tertiary/aromatic N) is 2. The first-order chi connectivity index (χ1) is 12.9. The van der Waals surface area contributed by atoms with Crippen LogP contribution in [0.25, 0.3) is 0 Å². The van der Waals surface area contributed by atoms with Gasteiger partial charge in [-0.2, -0.15) is 5.10 Å². The van der Waals surface area contributed by atoms with Crippen LogP contribution in [0.4, 0.5) is 5.82 Å². The van der Waals surface area contributed by atoms with Gasteiger partial charge < -0.3 is 10.1 Å². The molecule has 0 spiro atoms. The maximum atomic E-state index is 12.5. The Balaban J connectivity index is 1.61. The van der Waals surface area contributed by atoms with Crippen LogP contribution in [-0.4, -0.2) is 27.8 Å². The summed E-state index contributed by atoms with van der Waals surface area (Å²) in [7, 11) is 0. The molecule has 0 bridgehead atoms. The zero-order chi connectivity index (χ0) is 19.6. The number of fused-ring (bicyclic) bond motifs is 1. The highest BCUT2D eigenvalue weighted by Crippen LogP contribution is 2.32. The summed E-state index contributed by atoms with van der Waals surface area (Å²) < 4.78 is 7.17. The molecule has 1 aliphatic carbocycles. The van der Waals surface area contributed by atoms with Gasteiger partial charge in [0.05, 0.1) is 12.2 Å². The van der Waals surface area contributed by atoms with Crippen LogP contribution in [0.2, 0.25) is 0 Å². The van der Waals surface area contributed by atoms with Crippen molar-refractivity contribution in [2.24, 2.45) is 5.92 Å². The van der Waals surface area contributed by atoms with Gasteiger partial charge >= 0.3 is 5.97 Å². The Labute approximate surface area is 163 Å². The average Bonchev–Trinajstić information content (AvgIpc) is 3.27. The molecule has 6 nitrogen and oxygen atoms in total. The molecule has 0 saturated heterocycles. The number of thiophene rings is 1. The lowest BCUT2D eigenvalue weighted by Gasteiger charge is -2.16. The number of ether oxygens (including phenoxy) is 1. The molecule has 2 heterocycles. The zero-order valence-electron chi connectivity index (χ0n) is 16.3. The monoisotopic (exact) mass is 389 g/mol. The Hall–Kier alpha value is -2.15. The number of aromatic nitrogens is 2. The zero-order valence-corrected chi connectivity index (χ0v) is 17.1. The second-order valence-corrected chi connectivity index (χ2v) is 8.50. The van der Waals surface area contributed by atoms with Gasteiger partial charge in [-0.3, -0.25) is 4.79 Å².